The number of carbonyl (C=O) groups excluding carboxylic acids is 1. The Morgan fingerprint density at radius 3 is 3.04 bits per heavy atom. The molecule has 0 fully saturated rings. The minimum Gasteiger partial charge on any atom is -0.335 e. The van der Waals surface area contributed by atoms with E-state index in [1.165, 1.54) is 21.3 Å². The van der Waals surface area contributed by atoms with Gasteiger partial charge in [-0.05, 0) is 42.5 Å². The molecule has 5 nitrogen and oxygen atoms in total. The predicted octanol–water partition coefficient (Wildman–Crippen LogP) is 2.99. The average Bonchev–Trinajstić information content (AvgIpc) is 3.11. The van der Waals surface area contributed by atoms with E-state index in [1.54, 1.807) is 17.4 Å². The topological polar surface area (TPSA) is 55.2 Å². The maximum absolute atomic E-state index is 12.7. The molecule has 1 aliphatic rings. The van der Waals surface area contributed by atoms with Crippen LogP contribution >= 0.6 is 11.3 Å². The van der Waals surface area contributed by atoms with Gasteiger partial charge >= 0.3 is 0 Å². The molecule has 3 heterocycles. The van der Waals surface area contributed by atoms with Crippen molar-refractivity contribution in [2.45, 2.75) is 32.4 Å². The zero-order chi connectivity index (χ0) is 17.4. The zero-order valence-electron chi connectivity index (χ0n) is 14.0. The van der Waals surface area contributed by atoms with Gasteiger partial charge < -0.3 is 4.90 Å². The molecule has 0 spiro atoms. The van der Waals surface area contributed by atoms with Gasteiger partial charge in [0.05, 0.1) is 23.3 Å². The van der Waals surface area contributed by atoms with Crippen LogP contribution in [0.25, 0.3) is 10.9 Å². The smallest absolute Gasteiger partial charge is 0.261 e. The minimum absolute atomic E-state index is 0.0874. The monoisotopic (exact) mass is 353 g/mol. The van der Waals surface area contributed by atoms with Gasteiger partial charge in [-0.3, -0.25) is 14.2 Å². The number of carbonyl (C=O) groups is 1. The highest BCUT2D eigenvalue weighted by atomic mass is 32.1. The molecule has 0 saturated carbocycles. The third-order valence-electron chi connectivity index (χ3n) is 4.90. The summed E-state index contributed by atoms with van der Waals surface area (Å²) in [6.45, 7) is 3.18. The molecule has 0 aliphatic carbocycles. The van der Waals surface area contributed by atoms with Crippen LogP contribution < -0.4 is 5.56 Å². The number of amides is 1. The maximum Gasteiger partial charge on any atom is 0.261 e. The van der Waals surface area contributed by atoms with Crippen LogP contribution in [0.4, 0.5) is 0 Å². The molecule has 1 aliphatic heterocycles. The van der Waals surface area contributed by atoms with E-state index < -0.39 is 0 Å². The van der Waals surface area contributed by atoms with E-state index >= 15 is 0 Å². The highest BCUT2D eigenvalue weighted by Crippen LogP contribution is 2.33. The number of hydrogen-bond acceptors (Lipinski definition) is 4. The first-order valence-electron chi connectivity index (χ1n) is 8.45. The van der Waals surface area contributed by atoms with Crippen LogP contribution in [-0.4, -0.2) is 26.9 Å². The lowest BCUT2D eigenvalue weighted by molar-refractivity contribution is -0.134. The number of rotatable bonds is 3. The molecule has 0 saturated heterocycles. The van der Waals surface area contributed by atoms with Crippen molar-refractivity contribution in [3.63, 3.8) is 0 Å². The minimum atomic E-state index is -0.0924. The van der Waals surface area contributed by atoms with E-state index in [2.05, 4.69) is 23.4 Å². The van der Waals surface area contributed by atoms with Gasteiger partial charge in [0, 0.05) is 24.4 Å². The van der Waals surface area contributed by atoms with Crippen molar-refractivity contribution in [2.24, 2.45) is 0 Å². The molecule has 0 bridgehead atoms. The summed E-state index contributed by atoms with van der Waals surface area (Å²) in [5, 5.41) is 2.68. The Bertz CT molecular complexity index is 991. The molecular weight excluding hydrogens is 334 g/mol. The Kier molecular flexibility index (Phi) is 4.13. The molecular formula is C19H19N3O2S. The van der Waals surface area contributed by atoms with Gasteiger partial charge in [0.1, 0.15) is 0 Å². The largest absolute Gasteiger partial charge is 0.335 e. The van der Waals surface area contributed by atoms with E-state index in [9.17, 15) is 9.59 Å². The molecule has 25 heavy (non-hydrogen) atoms. The van der Waals surface area contributed by atoms with Crippen LogP contribution in [0.1, 0.15) is 29.8 Å². The average molecular weight is 353 g/mol. The van der Waals surface area contributed by atoms with Crippen molar-refractivity contribution < 1.29 is 4.79 Å². The summed E-state index contributed by atoms with van der Waals surface area (Å²) in [5.74, 6) is 0.0874. The molecule has 6 heteroatoms. The SMILES string of the molecule is CC1c2ccsc2CCN1C(=O)CCn1cnc2ccccc2c1=O. The van der Waals surface area contributed by atoms with E-state index in [0.717, 1.165) is 13.0 Å². The first-order chi connectivity index (χ1) is 12.1. The van der Waals surface area contributed by atoms with Crippen molar-refractivity contribution in [1.82, 2.24) is 14.5 Å². The second-order valence-electron chi connectivity index (χ2n) is 6.32. The normalized spacial score (nSPS) is 16.8. The van der Waals surface area contributed by atoms with E-state index in [-0.39, 0.29) is 17.5 Å². The van der Waals surface area contributed by atoms with Crippen molar-refractivity contribution in [3.8, 4) is 0 Å². The number of para-hydroxylation sites is 1. The van der Waals surface area contributed by atoms with Crippen LogP contribution in [-0.2, 0) is 17.8 Å². The van der Waals surface area contributed by atoms with Gasteiger partial charge in [0.25, 0.3) is 5.56 Å². The van der Waals surface area contributed by atoms with Crippen molar-refractivity contribution in [1.29, 1.82) is 0 Å². The zero-order valence-corrected chi connectivity index (χ0v) is 14.8. The fourth-order valence-electron chi connectivity index (χ4n) is 3.48. The summed E-state index contributed by atoms with van der Waals surface area (Å²) in [4.78, 5) is 32.8. The lowest BCUT2D eigenvalue weighted by Crippen LogP contribution is -2.39. The van der Waals surface area contributed by atoms with Crippen molar-refractivity contribution >= 4 is 28.1 Å². The number of aromatic nitrogens is 2. The van der Waals surface area contributed by atoms with Crippen molar-refractivity contribution in [2.75, 3.05) is 6.54 Å². The number of thiophene rings is 1. The van der Waals surface area contributed by atoms with E-state index in [4.69, 9.17) is 0 Å². The third-order valence-corrected chi connectivity index (χ3v) is 5.89. The molecule has 4 rings (SSSR count). The Morgan fingerprint density at radius 2 is 2.16 bits per heavy atom. The first kappa shape index (κ1) is 16.0. The Balaban J connectivity index is 1.49. The first-order valence-corrected chi connectivity index (χ1v) is 9.33. The molecule has 1 aromatic carbocycles. The highest BCUT2D eigenvalue weighted by Gasteiger charge is 2.27. The fourth-order valence-corrected chi connectivity index (χ4v) is 4.44. The highest BCUT2D eigenvalue weighted by molar-refractivity contribution is 7.10. The molecule has 1 atom stereocenters. The molecule has 128 valence electrons. The van der Waals surface area contributed by atoms with Crippen molar-refractivity contribution in [3.05, 3.63) is 62.8 Å². The van der Waals surface area contributed by atoms with Crippen LogP contribution in [0.15, 0.2) is 46.8 Å². The molecule has 1 amide bonds. The van der Waals surface area contributed by atoms with Gasteiger partial charge in [-0.2, -0.15) is 0 Å². The Hall–Kier alpha value is -2.47. The summed E-state index contributed by atoms with van der Waals surface area (Å²) in [7, 11) is 0. The van der Waals surface area contributed by atoms with Crippen LogP contribution in [0.2, 0.25) is 0 Å². The maximum atomic E-state index is 12.7. The summed E-state index contributed by atoms with van der Waals surface area (Å²) < 4.78 is 1.53. The Labute approximate surface area is 149 Å². The van der Waals surface area contributed by atoms with Gasteiger partial charge in [-0.1, -0.05) is 12.1 Å². The number of aryl methyl sites for hydroxylation is 1. The number of benzene rings is 1. The predicted molar refractivity (Wildman–Crippen MR) is 98.8 cm³/mol. The lowest BCUT2D eigenvalue weighted by atomic mass is 10.0. The van der Waals surface area contributed by atoms with Crippen LogP contribution in [0.5, 0.6) is 0 Å². The van der Waals surface area contributed by atoms with Gasteiger partial charge in [0.2, 0.25) is 5.91 Å². The molecule has 0 N–H and O–H groups in total. The summed E-state index contributed by atoms with van der Waals surface area (Å²) >= 11 is 1.76. The van der Waals surface area contributed by atoms with E-state index in [1.807, 2.05) is 23.1 Å². The summed E-state index contributed by atoms with van der Waals surface area (Å²) in [6.07, 6.45) is 2.76. The summed E-state index contributed by atoms with van der Waals surface area (Å²) in [5.41, 5.74) is 1.85. The van der Waals surface area contributed by atoms with Gasteiger partial charge in [0.15, 0.2) is 0 Å². The fraction of sp³-hybridized carbons (Fsp3) is 0.316. The Morgan fingerprint density at radius 1 is 1.32 bits per heavy atom. The number of hydrogen-bond donors (Lipinski definition) is 0. The molecule has 3 aromatic rings. The number of nitrogens with zero attached hydrogens (tertiary/aromatic N) is 3. The van der Waals surface area contributed by atoms with Gasteiger partial charge in [-0.25, -0.2) is 4.98 Å². The second-order valence-corrected chi connectivity index (χ2v) is 7.32. The van der Waals surface area contributed by atoms with Crippen LogP contribution in [0, 0.1) is 0 Å². The number of fused-ring (bicyclic) bond motifs is 2. The van der Waals surface area contributed by atoms with Crippen LogP contribution in [0.3, 0.4) is 0 Å². The van der Waals surface area contributed by atoms with E-state index in [0.29, 0.717) is 23.9 Å². The second kappa shape index (κ2) is 6.44. The van der Waals surface area contributed by atoms with Gasteiger partial charge in [-0.15, -0.1) is 11.3 Å². The lowest BCUT2D eigenvalue weighted by Gasteiger charge is -2.33. The third kappa shape index (κ3) is 2.87. The summed E-state index contributed by atoms with van der Waals surface area (Å²) in [6, 6.07) is 9.50. The molecule has 1 unspecified atom stereocenters. The molecule has 2 aromatic heterocycles. The quantitative estimate of drug-likeness (QED) is 0.727. The standard InChI is InChI=1S/C19H19N3O2S/c1-13-14-8-11-25-17(14)6-10-22(13)18(23)7-9-21-12-20-16-5-3-2-4-15(16)19(21)24/h2-5,8,11-13H,6-7,9-10H2,1H3. The molecule has 0 radical (unpaired) electrons.